The third-order valence-electron chi connectivity index (χ3n) is 5.50. The van der Waals surface area contributed by atoms with E-state index in [0.29, 0.717) is 37.6 Å². The minimum absolute atomic E-state index is 0.145. The standard InChI is InChI=1S/C24H27N3O5S/c1-18-3-7-20(8-4-18)31-17-21-9-12-23(32-21)24(28)25-19-5-10-22(11-6-19)33(29,30)27-15-13-26(2)14-16-27/h3-12H,13-17H2,1-2H3,(H,25,28). The number of nitrogens with zero attached hydrogens (tertiary/aromatic N) is 2. The Hall–Kier alpha value is -3.14. The zero-order valence-electron chi connectivity index (χ0n) is 18.7. The predicted molar refractivity (Wildman–Crippen MR) is 125 cm³/mol. The zero-order chi connectivity index (χ0) is 23.4. The van der Waals surface area contributed by atoms with Crippen LogP contribution in [0.5, 0.6) is 5.75 Å². The molecule has 1 aromatic heterocycles. The molecule has 8 nitrogen and oxygen atoms in total. The van der Waals surface area contributed by atoms with Crippen LogP contribution in [0.1, 0.15) is 21.9 Å². The minimum Gasteiger partial charge on any atom is -0.486 e. The van der Waals surface area contributed by atoms with E-state index in [2.05, 4.69) is 10.2 Å². The van der Waals surface area contributed by atoms with Gasteiger partial charge in [-0.25, -0.2) is 8.42 Å². The quantitative estimate of drug-likeness (QED) is 0.571. The molecule has 2 heterocycles. The van der Waals surface area contributed by atoms with Crippen molar-refractivity contribution in [2.24, 2.45) is 0 Å². The van der Waals surface area contributed by atoms with Crippen molar-refractivity contribution in [2.45, 2.75) is 18.4 Å². The van der Waals surface area contributed by atoms with E-state index in [-0.39, 0.29) is 17.3 Å². The van der Waals surface area contributed by atoms with Crippen LogP contribution >= 0.6 is 0 Å². The number of nitrogens with one attached hydrogen (secondary N) is 1. The first-order valence-electron chi connectivity index (χ1n) is 10.7. The van der Waals surface area contributed by atoms with Crippen LogP contribution in [0.25, 0.3) is 0 Å². The molecule has 33 heavy (non-hydrogen) atoms. The highest BCUT2D eigenvalue weighted by molar-refractivity contribution is 7.89. The van der Waals surface area contributed by atoms with Gasteiger partial charge in [0.2, 0.25) is 10.0 Å². The van der Waals surface area contributed by atoms with E-state index in [1.165, 1.54) is 16.4 Å². The number of carbonyl (C=O) groups is 1. The number of amides is 1. The lowest BCUT2D eigenvalue weighted by atomic mass is 10.2. The highest BCUT2D eigenvalue weighted by Crippen LogP contribution is 2.21. The van der Waals surface area contributed by atoms with Gasteiger partial charge in [0.05, 0.1) is 4.90 Å². The zero-order valence-corrected chi connectivity index (χ0v) is 19.5. The molecule has 1 aliphatic rings. The maximum atomic E-state index is 12.8. The topological polar surface area (TPSA) is 92.1 Å². The summed E-state index contributed by atoms with van der Waals surface area (Å²) in [6.45, 7) is 4.54. The number of anilines is 1. The molecule has 1 N–H and O–H groups in total. The van der Waals surface area contributed by atoms with Gasteiger partial charge in [0.15, 0.2) is 5.76 Å². The molecule has 1 saturated heterocycles. The average Bonchev–Trinajstić information content (AvgIpc) is 3.29. The normalized spacial score (nSPS) is 15.3. The molecule has 0 spiro atoms. The van der Waals surface area contributed by atoms with Gasteiger partial charge in [-0.15, -0.1) is 0 Å². The van der Waals surface area contributed by atoms with Gasteiger partial charge in [-0.2, -0.15) is 4.31 Å². The molecule has 0 atom stereocenters. The van der Waals surface area contributed by atoms with Gasteiger partial charge >= 0.3 is 0 Å². The second-order valence-corrected chi connectivity index (χ2v) is 9.99. The molecule has 174 valence electrons. The summed E-state index contributed by atoms with van der Waals surface area (Å²) in [5.74, 6) is 0.960. The van der Waals surface area contributed by atoms with E-state index in [4.69, 9.17) is 9.15 Å². The maximum absolute atomic E-state index is 12.8. The van der Waals surface area contributed by atoms with E-state index in [9.17, 15) is 13.2 Å². The minimum atomic E-state index is -3.55. The van der Waals surface area contributed by atoms with Crippen molar-refractivity contribution in [3.8, 4) is 5.75 Å². The molecule has 1 fully saturated rings. The van der Waals surface area contributed by atoms with E-state index in [0.717, 1.165) is 11.3 Å². The van der Waals surface area contributed by atoms with Gasteiger partial charge in [-0.1, -0.05) is 17.7 Å². The summed E-state index contributed by atoms with van der Waals surface area (Å²) in [6, 6.07) is 17.1. The Morgan fingerprint density at radius 3 is 2.30 bits per heavy atom. The summed E-state index contributed by atoms with van der Waals surface area (Å²) < 4.78 is 38.4. The van der Waals surface area contributed by atoms with Gasteiger partial charge in [0, 0.05) is 31.9 Å². The number of furan rings is 1. The van der Waals surface area contributed by atoms with Crippen molar-refractivity contribution in [1.82, 2.24) is 9.21 Å². The van der Waals surface area contributed by atoms with Crippen LogP contribution in [0.15, 0.2) is 70.0 Å². The Labute approximate surface area is 193 Å². The summed E-state index contributed by atoms with van der Waals surface area (Å²) in [5, 5.41) is 2.73. The largest absolute Gasteiger partial charge is 0.486 e. The van der Waals surface area contributed by atoms with Crippen molar-refractivity contribution >= 4 is 21.6 Å². The highest BCUT2D eigenvalue weighted by Gasteiger charge is 2.27. The van der Waals surface area contributed by atoms with Gasteiger partial charge in [-0.3, -0.25) is 4.79 Å². The third kappa shape index (κ3) is 5.62. The fourth-order valence-corrected chi connectivity index (χ4v) is 4.87. The second-order valence-electron chi connectivity index (χ2n) is 8.05. The molecule has 2 aromatic carbocycles. The number of sulfonamides is 1. The van der Waals surface area contributed by atoms with E-state index in [1.54, 1.807) is 24.3 Å². The Morgan fingerprint density at radius 1 is 0.970 bits per heavy atom. The average molecular weight is 470 g/mol. The first-order chi connectivity index (χ1) is 15.8. The van der Waals surface area contributed by atoms with E-state index in [1.807, 2.05) is 38.2 Å². The van der Waals surface area contributed by atoms with Crippen molar-refractivity contribution in [3.63, 3.8) is 0 Å². The lowest BCUT2D eigenvalue weighted by molar-refractivity contribution is 0.0992. The summed E-state index contributed by atoms with van der Waals surface area (Å²) >= 11 is 0. The van der Waals surface area contributed by atoms with Crippen molar-refractivity contribution in [1.29, 1.82) is 0 Å². The first-order valence-corrected chi connectivity index (χ1v) is 12.1. The predicted octanol–water partition coefficient (Wildman–Crippen LogP) is 3.36. The number of rotatable bonds is 7. The van der Waals surface area contributed by atoms with Crippen LogP contribution in [0, 0.1) is 6.92 Å². The van der Waals surface area contributed by atoms with Gasteiger partial charge in [-0.05, 0) is 62.5 Å². The summed E-state index contributed by atoms with van der Waals surface area (Å²) in [6.07, 6.45) is 0. The third-order valence-corrected chi connectivity index (χ3v) is 7.41. The molecule has 0 bridgehead atoms. The molecule has 0 aliphatic carbocycles. The van der Waals surface area contributed by atoms with Crippen LogP contribution in [0.3, 0.4) is 0 Å². The van der Waals surface area contributed by atoms with Gasteiger partial charge in [0.1, 0.15) is 18.1 Å². The van der Waals surface area contributed by atoms with Crippen molar-refractivity contribution in [2.75, 3.05) is 38.5 Å². The fraction of sp³-hybridized carbons (Fsp3) is 0.292. The van der Waals surface area contributed by atoms with Crippen molar-refractivity contribution < 1.29 is 22.4 Å². The number of carbonyl (C=O) groups excluding carboxylic acids is 1. The summed E-state index contributed by atoms with van der Waals surface area (Å²) in [7, 11) is -1.58. The number of piperazine rings is 1. The van der Waals surface area contributed by atoms with Crippen LogP contribution in [0.2, 0.25) is 0 Å². The maximum Gasteiger partial charge on any atom is 0.291 e. The fourth-order valence-electron chi connectivity index (χ4n) is 3.45. The van der Waals surface area contributed by atoms with Crippen LogP contribution in [-0.4, -0.2) is 56.8 Å². The molecule has 1 amide bonds. The first kappa shape index (κ1) is 23.0. The van der Waals surface area contributed by atoms with Gasteiger partial charge in [0.25, 0.3) is 5.91 Å². The van der Waals surface area contributed by atoms with Crippen LogP contribution in [-0.2, 0) is 16.6 Å². The number of ether oxygens (including phenoxy) is 1. The van der Waals surface area contributed by atoms with E-state index < -0.39 is 15.9 Å². The molecule has 4 rings (SSSR count). The van der Waals surface area contributed by atoms with Crippen molar-refractivity contribution in [3.05, 3.63) is 77.7 Å². The molecule has 0 saturated carbocycles. The smallest absolute Gasteiger partial charge is 0.291 e. The van der Waals surface area contributed by atoms with Crippen LogP contribution < -0.4 is 10.1 Å². The lowest BCUT2D eigenvalue weighted by Crippen LogP contribution is -2.46. The summed E-state index contributed by atoms with van der Waals surface area (Å²) in [5.41, 5.74) is 1.62. The monoisotopic (exact) mass is 469 g/mol. The number of benzene rings is 2. The molecule has 0 radical (unpaired) electrons. The number of hydrogen-bond donors (Lipinski definition) is 1. The number of hydrogen-bond acceptors (Lipinski definition) is 6. The molecule has 1 aliphatic heterocycles. The summed E-state index contributed by atoms with van der Waals surface area (Å²) in [4.78, 5) is 14.8. The SMILES string of the molecule is Cc1ccc(OCc2ccc(C(=O)Nc3ccc(S(=O)(=O)N4CCN(C)CC4)cc3)o2)cc1. The Kier molecular flexibility index (Phi) is 6.83. The number of aryl methyl sites for hydroxylation is 1. The number of likely N-dealkylation sites (N-methyl/N-ethyl adjacent to an activating group) is 1. The highest BCUT2D eigenvalue weighted by atomic mass is 32.2. The van der Waals surface area contributed by atoms with Gasteiger partial charge < -0.3 is 19.4 Å². The molecular formula is C24H27N3O5S. The lowest BCUT2D eigenvalue weighted by Gasteiger charge is -2.31. The van der Waals surface area contributed by atoms with E-state index >= 15 is 0 Å². The molecule has 0 unspecified atom stereocenters. The molecule has 3 aromatic rings. The van der Waals surface area contributed by atoms with Crippen LogP contribution in [0.4, 0.5) is 5.69 Å². The Balaban J connectivity index is 1.34. The Morgan fingerprint density at radius 2 is 1.64 bits per heavy atom. The molecule has 9 heteroatoms. The second kappa shape index (κ2) is 9.78. The Bertz CT molecular complexity index is 1200. The molecular weight excluding hydrogens is 442 g/mol.